The zero-order chi connectivity index (χ0) is 21.3. The molecule has 3 rings (SSSR count). The van der Waals surface area contributed by atoms with Crippen molar-refractivity contribution in [3.05, 3.63) is 59.8 Å². The Morgan fingerprint density at radius 1 is 1.13 bits per heavy atom. The number of amides is 2. The van der Waals surface area contributed by atoms with Crippen molar-refractivity contribution in [1.82, 2.24) is 9.80 Å². The van der Waals surface area contributed by atoms with E-state index in [-0.39, 0.29) is 50.0 Å². The Balaban J connectivity index is 1.72. The fraction of sp³-hybridized carbons (Fsp3) is 0.455. The lowest BCUT2D eigenvalue weighted by atomic mass is 10.2. The second-order valence-electron chi connectivity index (χ2n) is 7.30. The first-order valence-corrected chi connectivity index (χ1v) is 9.98. The Bertz CT molecular complexity index is 803. The van der Waals surface area contributed by atoms with Gasteiger partial charge in [0, 0.05) is 26.8 Å². The van der Waals surface area contributed by atoms with Gasteiger partial charge in [-0.05, 0) is 42.7 Å². The average Bonchev–Trinajstić information content (AvgIpc) is 3.43. The molecule has 0 spiro atoms. The normalized spacial score (nSPS) is 15.9. The van der Waals surface area contributed by atoms with Crippen LogP contribution in [-0.4, -0.2) is 61.1 Å². The summed E-state index contributed by atoms with van der Waals surface area (Å²) in [5.41, 5.74) is 0.783. The zero-order valence-corrected chi connectivity index (χ0v) is 17.1. The lowest BCUT2D eigenvalue weighted by Crippen LogP contribution is -2.46. The third-order valence-electron chi connectivity index (χ3n) is 4.96. The van der Waals surface area contributed by atoms with Crippen molar-refractivity contribution < 1.29 is 27.9 Å². The van der Waals surface area contributed by atoms with Gasteiger partial charge in [0.05, 0.1) is 25.5 Å². The highest BCUT2D eigenvalue weighted by molar-refractivity contribution is 5.85. The molecule has 0 bridgehead atoms. The van der Waals surface area contributed by atoms with Crippen molar-refractivity contribution >= 4 is 11.8 Å². The SMILES string of the molecule is COCC(=O)N(CC(=O)N(Cc1ccc(F)cc1)Cc1ccco1)CC1CCCO1. The molecule has 2 aromatic rings. The molecule has 0 radical (unpaired) electrons. The first kappa shape index (κ1) is 22.0. The molecule has 1 fully saturated rings. The zero-order valence-electron chi connectivity index (χ0n) is 17.1. The summed E-state index contributed by atoms with van der Waals surface area (Å²) in [4.78, 5) is 28.8. The van der Waals surface area contributed by atoms with Crippen molar-refractivity contribution in [1.29, 1.82) is 0 Å². The Morgan fingerprint density at radius 3 is 2.57 bits per heavy atom. The highest BCUT2D eigenvalue weighted by Gasteiger charge is 2.26. The number of hydrogen-bond acceptors (Lipinski definition) is 5. The van der Waals surface area contributed by atoms with Crippen LogP contribution in [0.1, 0.15) is 24.2 Å². The third-order valence-corrected chi connectivity index (χ3v) is 4.96. The van der Waals surface area contributed by atoms with Crippen LogP contribution in [-0.2, 0) is 32.2 Å². The predicted octanol–water partition coefficient (Wildman–Crippen LogP) is 2.60. The Labute approximate surface area is 175 Å². The monoisotopic (exact) mass is 418 g/mol. The minimum Gasteiger partial charge on any atom is -0.467 e. The predicted molar refractivity (Wildman–Crippen MR) is 107 cm³/mol. The maximum absolute atomic E-state index is 13.3. The molecule has 1 aromatic carbocycles. The average molecular weight is 418 g/mol. The summed E-state index contributed by atoms with van der Waals surface area (Å²) in [6.45, 7) is 1.33. The first-order chi connectivity index (χ1) is 14.5. The highest BCUT2D eigenvalue weighted by atomic mass is 19.1. The highest BCUT2D eigenvalue weighted by Crippen LogP contribution is 2.16. The summed E-state index contributed by atoms with van der Waals surface area (Å²) in [5, 5.41) is 0. The van der Waals surface area contributed by atoms with Gasteiger partial charge < -0.3 is 23.7 Å². The van der Waals surface area contributed by atoms with Gasteiger partial charge >= 0.3 is 0 Å². The molecule has 8 heteroatoms. The summed E-state index contributed by atoms with van der Waals surface area (Å²) < 4.78 is 29.3. The van der Waals surface area contributed by atoms with Gasteiger partial charge in [0.2, 0.25) is 11.8 Å². The Morgan fingerprint density at radius 2 is 1.93 bits per heavy atom. The van der Waals surface area contributed by atoms with E-state index in [1.807, 2.05) is 0 Å². The van der Waals surface area contributed by atoms with E-state index in [9.17, 15) is 14.0 Å². The van der Waals surface area contributed by atoms with E-state index >= 15 is 0 Å². The van der Waals surface area contributed by atoms with Crippen LogP contribution in [0.3, 0.4) is 0 Å². The van der Waals surface area contributed by atoms with Gasteiger partial charge in [0.1, 0.15) is 18.2 Å². The van der Waals surface area contributed by atoms with Crippen LogP contribution >= 0.6 is 0 Å². The standard InChI is InChI=1S/C22H27FN2O5/c1-28-16-22(27)25(14-20-5-3-11-30-20)15-21(26)24(13-19-4-2-10-29-19)12-17-6-8-18(23)9-7-17/h2,4,6-10,20H,3,5,11-16H2,1H3. The van der Waals surface area contributed by atoms with E-state index in [1.165, 1.54) is 24.1 Å². The largest absolute Gasteiger partial charge is 0.467 e. The summed E-state index contributed by atoms with van der Waals surface area (Å²) in [6.07, 6.45) is 3.27. The van der Waals surface area contributed by atoms with E-state index in [1.54, 1.807) is 35.4 Å². The van der Waals surface area contributed by atoms with Gasteiger partial charge in [0.25, 0.3) is 0 Å². The topological polar surface area (TPSA) is 72.2 Å². The molecule has 7 nitrogen and oxygen atoms in total. The minimum absolute atomic E-state index is 0.0748. The molecule has 0 aliphatic carbocycles. The lowest BCUT2D eigenvalue weighted by Gasteiger charge is -2.28. The van der Waals surface area contributed by atoms with Crippen molar-refractivity contribution in [2.24, 2.45) is 0 Å². The van der Waals surface area contributed by atoms with Gasteiger partial charge in [-0.2, -0.15) is 0 Å². The number of benzene rings is 1. The molecule has 1 saturated heterocycles. The molecule has 2 heterocycles. The van der Waals surface area contributed by atoms with Crippen molar-refractivity contribution in [3.8, 4) is 0 Å². The van der Waals surface area contributed by atoms with Crippen LogP contribution in [0.2, 0.25) is 0 Å². The van der Waals surface area contributed by atoms with E-state index in [4.69, 9.17) is 13.9 Å². The van der Waals surface area contributed by atoms with Crippen LogP contribution in [0, 0.1) is 5.82 Å². The third kappa shape index (κ3) is 6.40. The fourth-order valence-corrected chi connectivity index (χ4v) is 3.40. The van der Waals surface area contributed by atoms with Crippen LogP contribution in [0.5, 0.6) is 0 Å². The number of nitrogens with zero attached hydrogens (tertiary/aromatic N) is 2. The number of methoxy groups -OCH3 is 1. The quantitative estimate of drug-likeness (QED) is 0.593. The lowest BCUT2D eigenvalue weighted by molar-refractivity contribution is -0.144. The van der Waals surface area contributed by atoms with Crippen molar-refractivity contribution in [3.63, 3.8) is 0 Å². The molecule has 0 saturated carbocycles. The van der Waals surface area contributed by atoms with E-state index in [0.717, 1.165) is 18.4 Å². The number of furan rings is 1. The molecule has 1 aliphatic rings. The maximum Gasteiger partial charge on any atom is 0.249 e. The van der Waals surface area contributed by atoms with Gasteiger partial charge in [-0.25, -0.2) is 4.39 Å². The van der Waals surface area contributed by atoms with Gasteiger partial charge in [0.15, 0.2) is 0 Å². The number of rotatable bonds is 10. The minimum atomic E-state index is -0.337. The summed E-state index contributed by atoms with van der Waals surface area (Å²) in [7, 11) is 1.45. The van der Waals surface area contributed by atoms with Gasteiger partial charge in [-0.15, -0.1) is 0 Å². The van der Waals surface area contributed by atoms with Crippen LogP contribution in [0.25, 0.3) is 0 Å². The molecule has 1 atom stereocenters. The molecule has 1 aromatic heterocycles. The second-order valence-corrected chi connectivity index (χ2v) is 7.30. The maximum atomic E-state index is 13.3. The molecular weight excluding hydrogens is 391 g/mol. The molecule has 0 N–H and O–H groups in total. The number of ether oxygens (including phenoxy) is 2. The summed E-state index contributed by atoms with van der Waals surface area (Å²) in [5.74, 6) is -0.214. The van der Waals surface area contributed by atoms with Crippen LogP contribution in [0.15, 0.2) is 47.1 Å². The summed E-state index contributed by atoms with van der Waals surface area (Å²) >= 11 is 0. The smallest absolute Gasteiger partial charge is 0.249 e. The number of halogens is 1. The molecule has 1 unspecified atom stereocenters. The van der Waals surface area contributed by atoms with E-state index < -0.39 is 0 Å². The molecule has 30 heavy (non-hydrogen) atoms. The number of carbonyl (C=O) groups excluding carboxylic acids is 2. The number of carbonyl (C=O) groups is 2. The first-order valence-electron chi connectivity index (χ1n) is 9.98. The van der Waals surface area contributed by atoms with Gasteiger partial charge in [-0.3, -0.25) is 9.59 Å². The Hall–Kier alpha value is -2.71. The molecule has 1 aliphatic heterocycles. The summed E-state index contributed by atoms with van der Waals surface area (Å²) in [6, 6.07) is 9.52. The van der Waals surface area contributed by atoms with E-state index in [2.05, 4.69) is 0 Å². The molecule has 162 valence electrons. The van der Waals surface area contributed by atoms with Crippen LogP contribution < -0.4 is 0 Å². The fourth-order valence-electron chi connectivity index (χ4n) is 3.40. The van der Waals surface area contributed by atoms with Crippen molar-refractivity contribution in [2.45, 2.75) is 32.0 Å². The molecular formula is C22H27FN2O5. The Kier molecular flexibility index (Phi) is 7.98. The second kappa shape index (κ2) is 10.9. The van der Waals surface area contributed by atoms with E-state index in [0.29, 0.717) is 18.9 Å². The molecule has 2 amide bonds. The van der Waals surface area contributed by atoms with Gasteiger partial charge in [-0.1, -0.05) is 12.1 Å². The van der Waals surface area contributed by atoms with Crippen LogP contribution in [0.4, 0.5) is 4.39 Å². The van der Waals surface area contributed by atoms with Crippen molar-refractivity contribution in [2.75, 3.05) is 33.4 Å². The number of hydrogen-bond donors (Lipinski definition) is 0.